The van der Waals surface area contributed by atoms with Gasteiger partial charge in [-0.3, -0.25) is 9.78 Å². The quantitative estimate of drug-likeness (QED) is 0.645. The van der Waals surface area contributed by atoms with Crippen LogP contribution in [-0.4, -0.2) is 47.7 Å². The van der Waals surface area contributed by atoms with Gasteiger partial charge in [0.05, 0.1) is 11.3 Å². The highest BCUT2D eigenvalue weighted by atomic mass is 32.2. The van der Waals surface area contributed by atoms with Gasteiger partial charge < -0.3 is 9.80 Å². The van der Waals surface area contributed by atoms with Crippen molar-refractivity contribution in [3.8, 4) is 0 Å². The van der Waals surface area contributed by atoms with E-state index in [2.05, 4.69) is 47.1 Å². The molecule has 2 aromatic carbocycles. The molecular weight excluding hydrogens is 354 g/mol. The summed E-state index contributed by atoms with van der Waals surface area (Å²) in [5.41, 5.74) is 3.49. The Morgan fingerprint density at radius 1 is 1.04 bits per heavy atom. The molecule has 1 aliphatic rings. The normalized spacial score (nSPS) is 14.6. The highest BCUT2D eigenvalue weighted by Gasteiger charge is 2.21. The van der Waals surface area contributed by atoms with Crippen LogP contribution in [-0.2, 0) is 4.79 Å². The summed E-state index contributed by atoms with van der Waals surface area (Å²) in [5.74, 6) is 0.683. The van der Waals surface area contributed by atoms with E-state index in [1.165, 1.54) is 11.3 Å². The van der Waals surface area contributed by atoms with Gasteiger partial charge in [0.2, 0.25) is 5.91 Å². The van der Waals surface area contributed by atoms with Crippen LogP contribution in [0.25, 0.3) is 10.9 Å². The fourth-order valence-electron chi connectivity index (χ4n) is 3.46. The molecule has 4 rings (SSSR count). The van der Waals surface area contributed by atoms with Crippen LogP contribution in [0.4, 0.5) is 5.69 Å². The zero-order valence-electron chi connectivity index (χ0n) is 15.5. The predicted molar refractivity (Wildman–Crippen MR) is 112 cm³/mol. The minimum atomic E-state index is 0.213. The van der Waals surface area contributed by atoms with E-state index in [1.807, 2.05) is 35.4 Å². The van der Waals surface area contributed by atoms with Gasteiger partial charge in [-0.05, 0) is 36.8 Å². The van der Waals surface area contributed by atoms with E-state index >= 15 is 0 Å². The van der Waals surface area contributed by atoms with Gasteiger partial charge in [0.1, 0.15) is 0 Å². The van der Waals surface area contributed by atoms with E-state index in [-0.39, 0.29) is 5.91 Å². The van der Waals surface area contributed by atoms with Crippen LogP contribution in [0.5, 0.6) is 0 Å². The molecule has 1 amide bonds. The van der Waals surface area contributed by atoms with Crippen LogP contribution in [0.1, 0.15) is 5.56 Å². The van der Waals surface area contributed by atoms with Crippen molar-refractivity contribution in [2.75, 3.05) is 36.8 Å². The van der Waals surface area contributed by atoms with Crippen molar-refractivity contribution in [3.05, 3.63) is 66.4 Å². The fourth-order valence-corrected chi connectivity index (χ4v) is 4.41. The predicted octanol–water partition coefficient (Wildman–Crippen LogP) is 3.98. The Hall–Kier alpha value is -2.53. The van der Waals surface area contributed by atoms with Crippen LogP contribution in [0.15, 0.2) is 65.7 Å². The third-order valence-corrected chi connectivity index (χ3v) is 6.02. The standard InChI is InChI=1S/C22H23N3OS/c1-17-5-4-6-18(15-17)24-11-13-25(14-12-24)22(26)16-27-21-9-10-23-20-8-3-2-7-19(20)21/h2-10,15H,11-14,16H2,1H3. The number of aryl methyl sites for hydroxylation is 1. The summed E-state index contributed by atoms with van der Waals surface area (Å²) in [7, 11) is 0. The Morgan fingerprint density at radius 2 is 1.85 bits per heavy atom. The first kappa shape index (κ1) is 17.9. The summed E-state index contributed by atoms with van der Waals surface area (Å²) in [6.07, 6.45) is 1.82. The average Bonchev–Trinajstić information content (AvgIpc) is 2.72. The highest BCUT2D eigenvalue weighted by molar-refractivity contribution is 8.00. The van der Waals surface area contributed by atoms with Crippen molar-refractivity contribution in [2.24, 2.45) is 0 Å². The number of nitrogens with zero attached hydrogens (tertiary/aromatic N) is 3. The van der Waals surface area contributed by atoms with Gasteiger partial charge in [0, 0.05) is 48.3 Å². The van der Waals surface area contributed by atoms with E-state index in [0.717, 1.165) is 42.0 Å². The largest absolute Gasteiger partial charge is 0.368 e. The Bertz CT molecular complexity index is 946. The number of carbonyl (C=O) groups excluding carboxylic acids is 1. The lowest BCUT2D eigenvalue weighted by molar-refractivity contribution is -0.128. The Labute approximate surface area is 164 Å². The molecule has 4 nitrogen and oxygen atoms in total. The number of benzene rings is 2. The molecular formula is C22H23N3OS. The molecule has 138 valence electrons. The topological polar surface area (TPSA) is 36.4 Å². The van der Waals surface area contributed by atoms with Gasteiger partial charge in [0.25, 0.3) is 0 Å². The molecule has 0 aliphatic carbocycles. The van der Waals surface area contributed by atoms with Gasteiger partial charge in [-0.1, -0.05) is 30.3 Å². The molecule has 3 aromatic rings. The molecule has 1 saturated heterocycles. The molecule has 1 fully saturated rings. The monoisotopic (exact) mass is 377 g/mol. The minimum Gasteiger partial charge on any atom is -0.368 e. The van der Waals surface area contributed by atoms with E-state index in [4.69, 9.17) is 0 Å². The van der Waals surface area contributed by atoms with Gasteiger partial charge in [-0.2, -0.15) is 0 Å². The maximum atomic E-state index is 12.7. The molecule has 0 bridgehead atoms. The van der Waals surface area contributed by atoms with Gasteiger partial charge >= 0.3 is 0 Å². The molecule has 5 heteroatoms. The molecule has 27 heavy (non-hydrogen) atoms. The Kier molecular flexibility index (Phi) is 5.30. The van der Waals surface area contributed by atoms with Crippen LogP contribution in [0, 0.1) is 6.92 Å². The number of thioether (sulfide) groups is 1. The molecule has 0 saturated carbocycles. The maximum absolute atomic E-state index is 12.7. The van der Waals surface area contributed by atoms with Crippen molar-refractivity contribution in [3.63, 3.8) is 0 Å². The number of carbonyl (C=O) groups is 1. The Balaban J connectivity index is 1.34. The summed E-state index contributed by atoms with van der Waals surface area (Å²) in [4.78, 5) is 22.5. The number of hydrogen-bond acceptors (Lipinski definition) is 4. The number of hydrogen-bond donors (Lipinski definition) is 0. The summed E-state index contributed by atoms with van der Waals surface area (Å²) in [5, 5.41) is 1.11. The first-order chi connectivity index (χ1) is 13.2. The van der Waals surface area contributed by atoms with Gasteiger partial charge in [0.15, 0.2) is 0 Å². The van der Waals surface area contributed by atoms with Crippen molar-refractivity contribution >= 4 is 34.3 Å². The fraction of sp³-hybridized carbons (Fsp3) is 0.273. The van der Waals surface area contributed by atoms with Crippen molar-refractivity contribution in [2.45, 2.75) is 11.8 Å². The van der Waals surface area contributed by atoms with Crippen LogP contribution in [0.2, 0.25) is 0 Å². The molecule has 2 heterocycles. The number of aromatic nitrogens is 1. The van der Waals surface area contributed by atoms with E-state index < -0.39 is 0 Å². The van der Waals surface area contributed by atoms with Crippen molar-refractivity contribution in [1.29, 1.82) is 0 Å². The van der Waals surface area contributed by atoms with Crippen molar-refractivity contribution < 1.29 is 4.79 Å². The summed E-state index contributed by atoms with van der Waals surface area (Å²) < 4.78 is 0. The van der Waals surface area contributed by atoms with E-state index in [1.54, 1.807) is 11.8 Å². The second-order valence-corrected chi connectivity index (χ2v) is 7.84. The number of para-hydroxylation sites is 1. The second kappa shape index (κ2) is 8.01. The third-order valence-electron chi connectivity index (χ3n) is 4.96. The molecule has 0 spiro atoms. The lowest BCUT2D eigenvalue weighted by atomic mass is 10.2. The molecule has 1 aromatic heterocycles. The highest BCUT2D eigenvalue weighted by Crippen LogP contribution is 2.27. The van der Waals surface area contributed by atoms with Crippen LogP contribution in [0.3, 0.4) is 0 Å². The SMILES string of the molecule is Cc1cccc(N2CCN(C(=O)CSc3ccnc4ccccc34)CC2)c1. The van der Waals surface area contributed by atoms with E-state index in [9.17, 15) is 4.79 Å². The first-order valence-electron chi connectivity index (χ1n) is 9.27. The number of amides is 1. The zero-order valence-corrected chi connectivity index (χ0v) is 16.3. The first-order valence-corrected chi connectivity index (χ1v) is 10.3. The zero-order chi connectivity index (χ0) is 18.6. The lowest BCUT2D eigenvalue weighted by Crippen LogP contribution is -2.49. The second-order valence-electron chi connectivity index (χ2n) is 6.82. The number of anilines is 1. The molecule has 0 radical (unpaired) electrons. The van der Waals surface area contributed by atoms with Crippen LogP contribution < -0.4 is 4.90 Å². The van der Waals surface area contributed by atoms with Gasteiger partial charge in [-0.25, -0.2) is 0 Å². The molecule has 0 N–H and O–H groups in total. The number of rotatable bonds is 4. The maximum Gasteiger partial charge on any atom is 0.233 e. The summed E-state index contributed by atoms with van der Waals surface area (Å²) >= 11 is 1.61. The van der Waals surface area contributed by atoms with Crippen LogP contribution >= 0.6 is 11.8 Å². The Morgan fingerprint density at radius 3 is 2.67 bits per heavy atom. The lowest BCUT2D eigenvalue weighted by Gasteiger charge is -2.36. The number of piperazine rings is 1. The smallest absolute Gasteiger partial charge is 0.233 e. The molecule has 1 aliphatic heterocycles. The van der Waals surface area contributed by atoms with E-state index in [0.29, 0.717) is 5.75 Å². The average molecular weight is 378 g/mol. The van der Waals surface area contributed by atoms with Crippen molar-refractivity contribution in [1.82, 2.24) is 9.88 Å². The summed E-state index contributed by atoms with van der Waals surface area (Å²) in [6.45, 7) is 5.45. The molecule has 0 atom stereocenters. The number of pyridine rings is 1. The van der Waals surface area contributed by atoms with Gasteiger partial charge in [-0.15, -0.1) is 11.8 Å². The number of fused-ring (bicyclic) bond motifs is 1. The summed E-state index contributed by atoms with van der Waals surface area (Å²) in [6, 6.07) is 18.6. The minimum absolute atomic E-state index is 0.213. The third kappa shape index (κ3) is 4.08. The molecule has 0 unspecified atom stereocenters.